The lowest BCUT2D eigenvalue weighted by molar-refractivity contribution is -0.138. The van der Waals surface area contributed by atoms with Crippen molar-refractivity contribution in [2.75, 3.05) is 44.2 Å². The van der Waals surface area contributed by atoms with Crippen LogP contribution in [0.4, 0.5) is 5.82 Å². The Bertz CT molecular complexity index is 1220. The molecule has 2 fully saturated rings. The molecule has 0 saturated carbocycles. The number of fused-ring (bicyclic) bond motifs is 1. The van der Waals surface area contributed by atoms with E-state index in [2.05, 4.69) is 33.6 Å². The van der Waals surface area contributed by atoms with E-state index >= 15 is 0 Å². The van der Waals surface area contributed by atoms with Crippen molar-refractivity contribution in [3.8, 4) is 0 Å². The Morgan fingerprint density at radius 3 is 2.34 bits per heavy atom. The Kier molecular flexibility index (Phi) is 6.71. The summed E-state index contributed by atoms with van der Waals surface area (Å²) < 4.78 is 0. The minimum Gasteiger partial charge on any atom is -0.366 e. The summed E-state index contributed by atoms with van der Waals surface area (Å²) in [4.78, 5) is 42.7. The number of hydrogen-bond acceptors (Lipinski definition) is 7. The number of carbonyl (C=O) groups is 2. The van der Waals surface area contributed by atoms with E-state index in [1.54, 1.807) is 29.8 Å². The van der Waals surface area contributed by atoms with Gasteiger partial charge < -0.3 is 15.5 Å². The number of hydrogen-bond donors (Lipinski definition) is 1. The number of piperidine rings is 1. The van der Waals surface area contributed by atoms with Gasteiger partial charge in [-0.3, -0.25) is 14.5 Å². The van der Waals surface area contributed by atoms with Gasteiger partial charge in [-0.25, -0.2) is 9.97 Å². The molecule has 0 bridgehead atoms. The lowest BCUT2D eigenvalue weighted by Gasteiger charge is -2.39. The fourth-order valence-corrected chi connectivity index (χ4v) is 6.15. The predicted octanol–water partition coefficient (Wildman–Crippen LogP) is 2.97. The van der Waals surface area contributed by atoms with Crippen molar-refractivity contribution in [2.45, 2.75) is 33.2 Å². The third-order valence-electron chi connectivity index (χ3n) is 7.42. The van der Waals surface area contributed by atoms with Crippen molar-refractivity contribution < 1.29 is 9.59 Å². The van der Waals surface area contributed by atoms with Gasteiger partial charge in [0, 0.05) is 62.2 Å². The summed E-state index contributed by atoms with van der Waals surface area (Å²) in [6, 6.07) is 7.46. The lowest BCUT2D eigenvalue weighted by atomic mass is 9.94. The number of aryl methyl sites for hydroxylation is 2. The summed E-state index contributed by atoms with van der Waals surface area (Å²) in [6.45, 7) is 10.0. The monoisotopic (exact) mass is 492 g/mol. The molecule has 8 nitrogen and oxygen atoms in total. The summed E-state index contributed by atoms with van der Waals surface area (Å²) in [7, 11) is 0. The van der Waals surface area contributed by atoms with Crippen molar-refractivity contribution in [3.63, 3.8) is 0 Å². The number of thiophene rings is 1. The highest BCUT2D eigenvalue weighted by atomic mass is 32.1. The number of primary amides is 1. The molecule has 1 aromatic carbocycles. The van der Waals surface area contributed by atoms with Gasteiger partial charge in [-0.15, -0.1) is 11.3 Å². The largest absolute Gasteiger partial charge is 0.366 e. The van der Waals surface area contributed by atoms with Crippen LogP contribution in [0.2, 0.25) is 0 Å². The first kappa shape index (κ1) is 23.7. The Balaban J connectivity index is 1.13. The van der Waals surface area contributed by atoms with Gasteiger partial charge >= 0.3 is 0 Å². The Hall–Kier alpha value is -3.04. The second-order valence-corrected chi connectivity index (χ2v) is 10.8. The Labute approximate surface area is 209 Å². The van der Waals surface area contributed by atoms with Crippen molar-refractivity contribution in [3.05, 3.63) is 52.2 Å². The van der Waals surface area contributed by atoms with Crippen LogP contribution in [0.5, 0.6) is 0 Å². The molecule has 2 aliphatic rings. The van der Waals surface area contributed by atoms with Gasteiger partial charge in [0.1, 0.15) is 17.0 Å². The molecule has 2 N–H and O–H groups in total. The second kappa shape index (κ2) is 9.91. The number of nitrogens with zero attached hydrogens (tertiary/aromatic N) is 5. The van der Waals surface area contributed by atoms with Gasteiger partial charge in [0.15, 0.2) is 0 Å². The van der Waals surface area contributed by atoms with Crippen LogP contribution in [0.3, 0.4) is 0 Å². The molecule has 2 amide bonds. The zero-order valence-electron chi connectivity index (χ0n) is 20.4. The van der Waals surface area contributed by atoms with Gasteiger partial charge in [-0.2, -0.15) is 0 Å². The number of benzene rings is 1. The maximum Gasteiger partial charge on any atom is 0.248 e. The van der Waals surface area contributed by atoms with Crippen molar-refractivity contribution in [1.82, 2.24) is 19.8 Å². The van der Waals surface area contributed by atoms with E-state index in [4.69, 9.17) is 5.73 Å². The first-order valence-electron chi connectivity index (χ1n) is 12.3. The molecule has 3 aromatic rings. The molecule has 2 saturated heterocycles. The second-order valence-electron chi connectivity index (χ2n) is 9.58. The van der Waals surface area contributed by atoms with Crippen LogP contribution in [-0.4, -0.2) is 70.9 Å². The van der Waals surface area contributed by atoms with Gasteiger partial charge in [0.05, 0.1) is 5.39 Å². The fraction of sp³-hybridized carbons (Fsp3) is 0.462. The van der Waals surface area contributed by atoms with Crippen LogP contribution in [0.25, 0.3) is 10.2 Å². The molecular weight excluding hydrogens is 460 g/mol. The zero-order chi connectivity index (χ0) is 24.5. The third kappa shape index (κ3) is 4.88. The van der Waals surface area contributed by atoms with E-state index in [1.807, 2.05) is 17.0 Å². The van der Waals surface area contributed by atoms with Crippen molar-refractivity contribution in [2.24, 2.45) is 11.7 Å². The molecule has 0 unspecified atom stereocenters. The van der Waals surface area contributed by atoms with Crippen molar-refractivity contribution >= 4 is 39.2 Å². The minimum absolute atomic E-state index is 0.0850. The molecule has 0 radical (unpaired) electrons. The number of rotatable bonds is 5. The number of aromatic nitrogens is 2. The maximum atomic E-state index is 13.3. The SMILES string of the molecule is Cc1sc2ncnc(N3CCC(C(=O)N4CCN(Cc5ccc(C(N)=O)cc5)CC4)CC3)c2c1C. The molecule has 4 heterocycles. The van der Waals surface area contributed by atoms with E-state index < -0.39 is 5.91 Å². The summed E-state index contributed by atoms with van der Waals surface area (Å²) in [5.74, 6) is 0.990. The molecule has 35 heavy (non-hydrogen) atoms. The van der Waals surface area contributed by atoms with Gasteiger partial charge in [-0.1, -0.05) is 12.1 Å². The molecule has 9 heteroatoms. The molecule has 0 aliphatic carbocycles. The normalized spacial score (nSPS) is 17.8. The first-order valence-corrected chi connectivity index (χ1v) is 13.1. The van der Waals surface area contributed by atoms with Crippen molar-refractivity contribution in [1.29, 1.82) is 0 Å². The highest BCUT2D eigenvalue weighted by Gasteiger charge is 2.31. The number of anilines is 1. The van der Waals surface area contributed by atoms with E-state index in [0.717, 1.165) is 74.9 Å². The number of amides is 2. The Morgan fingerprint density at radius 2 is 1.69 bits per heavy atom. The van der Waals surface area contributed by atoms with E-state index in [1.165, 1.54) is 15.8 Å². The average Bonchev–Trinajstić information content (AvgIpc) is 3.18. The molecule has 184 valence electrons. The lowest BCUT2D eigenvalue weighted by Crippen LogP contribution is -2.51. The maximum absolute atomic E-state index is 13.3. The van der Waals surface area contributed by atoms with Crippen LogP contribution >= 0.6 is 11.3 Å². The standard InChI is InChI=1S/C26H32N6O2S/c1-17-18(2)35-25-22(17)24(28-16-29-25)31-9-7-21(8-10-31)26(34)32-13-11-30(12-14-32)15-19-3-5-20(6-4-19)23(27)33/h3-6,16,21H,7-15H2,1-2H3,(H2,27,33). The summed E-state index contributed by atoms with van der Waals surface area (Å²) in [5.41, 5.74) is 8.27. The fourth-order valence-electron chi connectivity index (χ4n) is 5.16. The molecule has 2 aliphatic heterocycles. The van der Waals surface area contributed by atoms with Crippen LogP contribution in [0.1, 0.15) is 39.2 Å². The van der Waals surface area contributed by atoms with E-state index in [0.29, 0.717) is 11.5 Å². The number of carbonyl (C=O) groups excluding carboxylic acids is 2. The molecule has 0 atom stereocenters. The van der Waals surface area contributed by atoms with Crippen LogP contribution in [0.15, 0.2) is 30.6 Å². The van der Waals surface area contributed by atoms with E-state index in [-0.39, 0.29) is 5.92 Å². The molecule has 0 spiro atoms. The number of piperazine rings is 1. The third-order valence-corrected chi connectivity index (χ3v) is 8.53. The Morgan fingerprint density at radius 1 is 1.00 bits per heavy atom. The van der Waals surface area contributed by atoms with Gasteiger partial charge in [0.25, 0.3) is 0 Å². The molecule has 2 aromatic heterocycles. The van der Waals surface area contributed by atoms with Gasteiger partial charge in [0.2, 0.25) is 11.8 Å². The topological polar surface area (TPSA) is 95.7 Å². The number of nitrogens with two attached hydrogens (primary N) is 1. The molecule has 5 rings (SSSR count). The van der Waals surface area contributed by atoms with Crippen LogP contribution in [0, 0.1) is 19.8 Å². The van der Waals surface area contributed by atoms with Crippen LogP contribution in [-0.2, 0) is 11.3 Å². The zero-order valence-corrected chi connectivity index (χ0v) is 21.2. The summed E-state index contributed by atoms with van der Waals surface area (Å²) in [5, 5.41) is 1.17. The highest BCUT2D eigenvalue weighted by molar-refractivity contribution is 7.18. The van der Waals surface area contributed by atoms with E-state index in [9.17, 15) is 9.59 Å². The van der Waals surface area contributed by atoms with Crippen LogP contribution < -0.4 is 10.6 Å². The quantitative estimate of drug-likeness (QED) is 0.588. The minimum atomic E-state index is -0.406. The average molecular weight is 493 g/mol. The first-order chi connectivity index (χ1) is 16.9. The summed E-state index contributed by atoms with van der Waals surface area (Å²) in [6.07, 6.45) is 3.38. The van der Waals surface area contributed by atoms with Gasteiger partial charge in [-0.05, 0) is 49.9 Å². The smallest absolute Gasteiger partial charge is 0.248 e. The summed E-state index contributed by atoms with van der Waals surface area (Å²) >= 11 is 1.72. The predicted molar refractivity (Wildman–Crippen MR) is 139 cm³/mol. The highest BCUT2D eigenvalue weighted by Crippen LogP contribution is 2.35. The molecular formula is C26H32N6O2S.